The second kappa shape index (κ2) is 7.23. The van der Waals surface area contributed by atoms with Gasteiger partial charge in [0.15, 0.2) is 0 Å². The van der Waals surface area contributed by atoms with Gasteiger partial charge in [0, 0.05) is 31.7 Å². The summed E-state index contributed by atoms with van der Waals surface area (Å²) < 4.78 is 0. The molecule has 24 heavy (non-hydrogen) atoms. The van der Waals surface area contributed by atoms with Gasteiger partial charge in [0.2, 0.25) is 5.95 Å². The fraction of sp³-hybridized carbons (Fsp3) is 0.706. The van der Waals surface area contributed by atoms with Gasteiger partial charge in [0.1, 0.15) is 5.82 Å². The summed E-state index contributed by atoms with van der Waals surface area (Å²) >= 11 is 0. The van der Waals surface area contributed by atoms with E-state index >= 15 is 0 Å². The van der Waals surface area contributed by atoms with Gasteiger partial charge in [-0.3, -0.25) is 0 Å². The molecule has 0 spiro atoms. The molecular weight excluding hydrogens is 306 g/mol. The third-order valence-corrected chi connectivity index (χ3v) is 4.97. The minimum absolute atomic E-state index is 0.0716. The number of carboxylic acid groups (broad SMARTS) is 1. The van der Waals surface area contributed by atoms with Crippen molar-refractivity contribution < 1.29 is 9.90 Å². The maximum atomic E-state index is 10.7. The van der Waals surface area contributed by atoms with E-state index in [9.17, 15) is 4.79 Å². The van der Waals surface area contributed by atoms with Gasteiger partial charge in [-0.1, -0.05) is 0 Å². The Morgan fingerprint density at radius 1 is 1.08 bits per heavy atom. The predicted octanol–water partition coefficient (Wildman–Crippen LogP) is 2.41. The van der Waals surface area contributed by atoms with Crippen molar-refractivity contribution >= 4 is 17.9 Å². The Balaban J connectivity index is 1.67. The Hall–Kier alpha value is -2.05. The maximum absolute atomic E-state index is 10.7. The molecule has 0 unspecified atom stereocenters. The highest BCUT2D eigenvalue weighted by molar-refractivity contribution is 5.64. The van der Waals surface area contributed by atoms with Crippen LogP contribution in [0.1, 0.15) is 49.8 Å². The Morgan fingerprint density at radius 2 is 1.75 bits per heavy atom. The monoisotopic (exact) mass is 333 g/mol. The number of fused-ring (bicyclic) bond motifs is 1. The van der Waals surface area contributed by atoms with Crippen molar-refractivity contribution in [1.82, 2.24) is 15.3 Å². The molecule has 0 atom stereocenters. The van der Waals surface area contributed by atoms with Crippen LogP contribution in [-0.2, 0) is 12.8 Å². The zero-order valence-corrected chi connectivity index (χ0v) is 14.5. The molecule has 0 bridgehead atoms. The average Bonchev–Trinajstić information content (AvgIpc) is 2.55. The van der Waals surface area contributed by atoms with Crippen molar-refractivity contribution in [2.45, 2.75) is 63.5 Å². The Labute approximate surface area is 142 Å². The van der Waals surface area contributed by atoms with Crippen molar-refractivity contribution in [3.63, 3.8) is 0 Å². The first-order valence-electron chi connectivity index (χ1n) is 8.86. The average molecular weight is 333 g/mol. The van der Waals surface area contributed by atoms with Gasteiger partial charge >= 0.3 is 6.09 Å². The second-order valence-electron chi connectivity index (χ2n) is 7.04. The van der Waals surface area contributed by atoms with Crippen LogP contribution in [0, 0.1) is 0 Å². The van der Waals surface area contributed by atoms with Crippen LogP contribution in [0.5, 0.6) is 0 Å². The molecular formula is C17H27N5O2. The molecule has 1 aromatic heterocycles. The van der Waals surface area contributed by atoms with E-state index in [2.05, 4.69) is 15.5 Å². The zero-order valence-electron chi connectivity index (χ0n) is 14.5. The highest BCUT2D eigenvalue weighted by Gasteiger charge is 2.24. The van der Waals surface area contributed by atoms with Crippen LogP contribution in [0.4, 0.5) is 16.6 Å². The summed E-state index contributed by atoms with van der Waals surface area (Å²) in [5.74, 6) is 1.75. The zero-order chi connectivity index (χ0) is 17.1. The second-order valence-corrected chi connectivity index (χ2v) is 7.04. The third kappa shape index (κ3) is 3.88. The molecule has 1 heterocycles. The van der Waals surface area contributed by atoms with E-state index < -0.39 is 6.09 Å². The molecule has 7 heteroatoms. The topological polar surface area (TPSA) is 90.4 Å². The minimum atomic E-state index is -0.931. The number of aromatic nitrogens is 2. The first-order valence-corrected chi connectivity index (χ1v) is 8.86. The molecule has 0 radical (unpaired) electrons. The van der Waals surface area contributed by atoms with E-state index in [0.29, 0.717) is 12.0 Å². The van der Waals surface area contributed by atoms with E-state index in [4.69, 9.17) is 15.1 Å². The van der Waals surface area contributed by atoms with Crippen LogP contribution >= 0.6 is 0 Å². The summed E-state index contributed by atoms with van der Waals surface area (Å²) in [7, 11) is 4.06. The van der Waals surface area contributed by atoms with Gasteiger partial charge in [-0.05, 0) is 51.4 Å². The van der Waals surface area contributed by atoms with E-state index in [1.165, 1.54) is 24.1 Å². The van der Waals surface area contributed by atoms with Gasteiger partial charge < -0.3 is 20.6 Å². The summed E-state index contributed by atoms with van der Waals surface area (Å²) in [5, 5.41) is 14.9. The molecule has 1 aromatic rings. The van der Waals surface area contributed by atoms with Gasteiger partial charge in [0.25, 0.3) is 0 Å². The molecule has 2 aliphatic carbocycles. The van der Waals surface area contributed by atoms with Gasteiger partial charge in [0.05, 0.1) is 5.69 Å². The van der Waals surface area contributed by atoms with Crippen molar-refractivity contribution in [3.8, 4) is 0 Å². The molecule has 1 fully saturated rings. The molecule has 3 rings (SSSR count). The number of hydrogen-bond acceptors (Lipinski definition) is 5. The molecule has 1 saturated carbocycles. The Morgan fingerprint density at radius 3 is 2.42 bits per heavy atom. The van der Waals surface area contributed by atoms with E-state index in [-0.39, 0.29) is 6.04 Å². The predicted molar refractivity (Wildman–Crippen MR) is 93.8 cm³/mol. The summed E-state index contributed by atoms with van der Waals surface area (Å²) in [6.45, 7) is 0. The fourth-order valence-electron chi connectivity index (χ4n) is 3.75. The minimum Gasteiger partial charge on any atom is -0.465 e. The fourth-order valence-corrected chi connectivity index (χ4v) is 3.75. The third-order valence-electron chi connectivity index (χ3n) is 4.97. The lowest BCUT2D eigenvalue weighted by Gasteiger charge is -2.30. The largest absolute Gasteiger partial charge is 0.465 e. The van der Waals surface area contributed by atoms with E-state index in [1.807, 2.05) is 14.1 Å². The number of anilines is 2. The molecule has 1 amide bonds. The SMILES string of the molecule is CN(C)c1nc(NC2CCC(NC(=O)O)CC2)nc2c1CCCC2. The number of amides is 1. The summed E-state index contributed by atoms with van der Waals surface area (Å²) in [4.78, 5) is 22.3. The molecule has 0 saturated heterocycles. The van der Waals surface area contributed by atoms with Gasteiger partial charge in [-0.2, -0.15) is 4.98 Å². The van der Waals surface area contributed by atoms with Crippen molar-refractivity contribution in [2.24, 2.45) is 0 Å². The lowest BCUT2D eigenvalue weighted by molar-refractivity contribution is 0.185. The van der Waals surface area contributed by atoms with Gasteiger partial charge in [-0.15, -0.1) is 0 Å². The normalized spacial score (nSPS) is 23.2. The number of nitrogens with one attached hydrogen (secondary N) is 2. The lowest BCUT2D eigenvalue weighted by atomic mass is 9.91. The molecule has 0 aliphatic heterocycles. The van der Waals surface area contributed by atoms with Crippen LogP contribution in [-0.4, -0.2) is 47.3 Å². The van der Waals surface area contributed by atoms with Crippen LogP contribution < -0.4 is 15.5 Å². The van der Waals surface area contributed by atoms with Crippen molar-refractivity contribution in [3.05, 3.63) is 11.3 Å². The molecule has 132 valence electrons. The quantitative estimate of drug-likeness (QED) is 0.784. The first-order chi connectivity index (χ1) is 11.5. The standard InChI is InChI=1S/C17H27N5O2/c1-22(2)15-13-5-3-4-6-14(13)20-16(21-15)18-11-7-9-12(10-8-11)19-17(23)24/h11-12,19H,3-10H2,1-2H3,(H,23,24)(H,18,20,21). The molecule has 7 nitrogen and oxygen atoms in total. The van der Waals surface area contributed by atoms with E-state index in [1.54, 1.807) is 0 Å². The number of carbonyl (C=O) groups is 1. The smallest absolute Gasteiger partial charge is 0.404 e. The summed E-state index contributed by atoms with van der Waals surface area (Å²) in [5.41, 5.74) is 2.48. The molecule has 3 N–H and O–H groups in total. The highest BCUT2D eigenvalue weighted by Crippen LogP contribution is 2.29. The van der Waals surface area contributed by atoms with Crippen LogP contribution in [0.25, 0.3) is 0 Å². The summed E-state index contributed by atoms with van der Waals surface area (Å²) in [6.07, 6.45) is 7.15. The molecule has 0 aromatic carbocycles. The summed E-state index contributed by atoms with van der Waals surface area (Å²) in [6, 6.07) is 0.385. The Bertz CT molecular complexity index is 597. The van der Waals surface area contributed by atoms with Crippen LogP contribution in [0.3, 0.4) is 0 Å². The van der Waals surface area contributed by atoms with Gasteiger partial charge in [-0.25, -0.2) is 9.78 Å². The number of rotatable bonds is 4. The number of nitrogens with zero attached hydrogens (tertiary/aromatic N) is 3. The maximum Gasteiger partial charge on any atom is 0.404 e. The lowest BCUT2D eigenvalue weighted by Crippen LogP contribution is -2.39. The number of hydrogen-bond donors (Lipinski definition) is 3. The van der Waals surface area contributed by atoms with Crippen molar-refractivity contribution in [2.75, 3.05) is 24.3 Å². The number of aryl methyl sites for hydroxylation is 1. The van der Waals surface area contributed by atoms with Crippen LogP contribution in [0.15, 0.2) is 0 Å². The molecule has 2 aliphatic rings. The van der Waals surface area contributed by atoms with Crippen LogP contribution in [0.2, 0.25) is 0 Å². The van der Waals surface area contributed by atoms with E-state index in [0.717, 1.165) is 44.3 Å². The first kappa shape index (κ1) is 16.8. The highest BCUT2D eigenvalue weighted by atomic mass is 16.4. The van der Waals surface area contributed by atoms with Crippen molar-refractivity contribution in [1.29, 1.82) is 0 Å². The Kier molecular flexibility index (Phi) is 5.06.